The van der Waals surface area contributed by atoms with Gasteiger partial charge in [-0.25, -0.2) is 15.0 Å². The lowest BCUT2D eigenvalue weighted by Gasteiger charge is -2.25. The zero-order valence-electron chi connectivity index (χ0n) is 41.2. The molecule has 0 N–H and O–H groups in total. The molecule has 0 radical (unpaired) electrons. The maximum Gasteiger partial charge on any atom is 0.164 e. The molecule has 0 unspecified atom stereocenters. The van der Waals surface area contributed by atoms with E-state index in [0.29, 0.717) is 17.5 Å². The summed E-state index contributed by atoms with van der Waals surface area (Å²) in [5, 5.41) is 4.58. The topological polar surface area (TPSA) is 73.8 Å². The monoisotopic (exact) mass is 864 g/mol. The van der Waals surface area contributed by atoms with E-state index >= 15 is 0 Å². The first-order chi connectivity index (χ1) is 32.7. The van der Waals surface area contributed by atoms with Crippen LogP contribution in [-0.2, 0) is 4.79 Å². The molecule has 7 aromatic carbocycles. The van der Waals surface area contributed by atoms with Gasteiger partial charge in [-0.05, 0) is 52.4 Å². The van der Waals surface area contributed by atoms with Gasteiger partial charge in [-0.15, -0.1) is 21.9 Å². The number of hydrogen-bond acceptors (Lipinski definition) is 5. The Labute approximate surface area is 408 Å². The summed E-state index contributed by atoms with van der Waals surface area (Å²) in [6, 6.07) is 30.9. The van der Waals surface area contributed by atoms with Crippen molar-refractivity contribution in [3.8, 4) is 51.0 Å². The van der Waals surface area contributed by atoms with Gasteiger partial charge in [0.25, 0.3) is 0 Å². The van der Waals surface area contributed by atoms with Crippen LogP contribution in [0.5, 0.6) is 0 Å². The fourth-order valence-corrected chi connectivity index (χ4v) is 10.8. The van der Waals surface area contributed by atoms with Gasteiger partial charge in [-0.1, -0.05) is 123 Å². The van der Waals surface area contributed by atoms with E-state index in [0.717, 1.165) is 56.2 Å². The average molecular weight is 863 g/mol. The first kappa shape index (κ1) is 44.9. The van der Waals surface area contributed by atoms with E-state index in [-0.39, 0.29) is 0 Å². The highest BCUT2D eigenvalue weighted by molar-refractivity contribution is 6.72. The second kappa shape index (κ2) is 17.3. The molecule has 0 aliphatic carbocycles. The summed E-state index contributed by atoms with van der Waals surface area (Å²) in [7, 11) is 27.6. The number of carbonyl (C=O) groups is 1. The summed E-state index contributed by atoms with van der Waals surface area (Å²) in [6.45, 7) is 0. The summed E-state index contributed by atoms with van der Waals surface area (Å²) in [5.41, 5.74) is 27.4. The second-order valence-electron chi connectivity index (χ2n) is 18.7. The van der Waals surface area contributed by atoms with Crippen LogP contribution < -0.4 is 65.6 Å². The van der Waals surface area contributed by atoms with E-state index in [1.54, 1.807) is 6.08 Å². The molecule has 3 heterocycles. The molecule has 18 heteroatoms. The Bertz CT molecular complexity index is 3840. The highest BCUT2D eigenvalue weighted by Gasteiger charge is 2.27. The maximum absolute atomic E-state index is 10.8. The molecule has 0 amide bonds. The molecule has 6 nitrogen and oxygen atoms in total. The zero-order chi connectivity index (χ0) is 47.9. The molecule has 0 atom stereocenters. The Kier molecular flexibility index (Phi) is 11.4. The molecule has 0 saturated heterocycles. The van der Waals surface area contributed by atoms with Crippen LogP contribution in [0.25, 0.3) is 101 Å². The Morgan fingerprint density at radius 3 is 1.71 bits per heavy atom. The summed E-state index contributed by atoms with van der Waals surface area (Å²) < 4.78 is 9.39. The minimum absolute atomic E-state index is 0.558. The molecule has 0 aliphatic heterocycles. The van der Waals surface area contributed by atoms with Crippen LogP contribution in [0.1, 0.15) is 5.56 Å². The maximum atomic E-state index is 10.8. The number of aldehydes is 1. The summed E-state index contributed by atoms with van der Waals surface area (Å²) in [6.07, 6.45) is 7.75. The first-order valence-corrected chi connectivity index (χ1v) is 23.5. The van der Waals surface area contributed by atoms with Crippen LogP contribution in [0.3, 0.4) is 0 Å². The van der Waals surface area contributed by atoms with Crippen molar-refractivity contribution in [3.63, 3.8) is 0 Å². The number of rotatable bonds is 8. The molecule has 0 spiro atoms. The van der Waals surface area contributed by atoms with E-state index < -0.39 is 0 Å². The third-order valence-corrected chi connectivity index (χ3v) is 15.3. The van der Waals surface area contributed by atoms with Crippen LogP contribution in [-0.4, -0.2) is 120 Å². The Balaban J connectivity index is 1.21. The van der Waals surface area contributed by atoms with Crippen molar-refractivity contribution in [2.45, 2.75) is 0 Å². The predicted molar refractivity (Wildman–Crippen MR) is 326 cm³/mol. The van der Waals surface area contributed by atoms with Crippen molar-refractivity contribution in [2.24, 2.45) is 0 Å². The number of benzene rings is 7. The molecule has 312 valence electrons. The van der Waals surface area contributed by atoms with Crippen molar-refractivity contribution >= 4 is 216 Å². The molecule has 10 aromatic rings. The van der Waals surface area contributed by atoms with Gasteiger partial charge < -0.3 is 8.98 Å². The van der Waals surface area contributed by atoms with Gasteiger partial charge in [0.2, 0.25) is 0 Å². The predicted octanol–water partition coefficient (Wildman–Crippen LogP) is -8.59. The highest BCUT2D eigenvalue weighted by atomic mass is 16.3. The first-order valence-electron chi connectivity index (χ1n) is 23.5. The van der Waals surface area contributed by atoms with Gasteiger partial charge in [0, 0.05) is 55.6 Å². The van der Waals surface area contributed by atoms with E-state index in [2.05, 4.69) is 123 Å². The van der Waals surface area contributed by atoms with Crippen LogP contribution >= 0.6 is 0 Å². The molecule has 0 aliphatic rings. The third-order valence-electron chi connectivity index (χ3n) is 15.3. The standard InChI is InChI=1S/C50H44B12N4O2/c51-34-30(31-35(52)39(56)42(59)40(57)36(31)53)37(54)44(61)46-32(34)33-38(55)41(58)43(60)45(62)47(33)66(46)24-16-17-25-28(20-24)68-27-15-8-14-26(29(25)27)50-64-48(22-11-4-1-5-12-22)63-49(65-50)23-13-7-10-21(19-23)9-3-2-6-18-67/h1-20H,51-62H2/b6-2-,9-3+. The molecular weight excluding hydrogens is 818 g/mol. The average Bonchev–Trinajstić information content (AvgIpc) is 3.92. The molecule has 68 heavy (non-hydrogen) atoms. The molecule has 10 rings (SSSR count). The van der Waals surface area contributed by atoms with Gasteiger partial charge in [-0.3, -0.25) is 4.79 Å². The Morgan fingerprint density at radius 2 is 1.00 bits per heavy atom. The van der Waals surface area contributed by atoms with Crippen LogP contribution in [0.15, 0.2) is 114 Å². The Hall–Kier alpha value is -6.92. The summed E-state index contributed by atoms with van der Waals surface area (Å²) >= 11 is 0. The molecular formula is C50H44B12N4O2. The van der Waals surface area contributed by atoms with Gasteiger partial charge in [0.15, 0.2) is 17.5 Å². The third kappa shape index (κ3) is 7.05. The van der Waals surface area contributed by atoms with Gasteiger partial charge >= 0.3 is 0 Å². The largest absolute Gasteiger partial charge is 0.456 e. The fraction of sp³-hybridized carbons (Fsp3) is 0. The number of hydrogen-bond donors (Lipinski definition) is 0. The molecule has 0 saturated carbocycles. The number of aromatic nitrogens is 4. The van der Waals surface area contributed by atoms with Crippen LogP contribution in [0.4, 0.5) is 0 Å². The van der Waals surface area contributed by atoms with Crippen molar-refractivity contribution in [2.75, 3.05) is 0 Å². The minimum Gasteiger partial charge on any atom is -0.456 e. The van der Waals surface area contributed by atoms with Gasteiger partial charge in [-0.2, -0.15) is 0 Å². The number of fused-ring (bicyclic) bond motifs is 6. The molecule has 3 aromatic heterocycles. The lowest BCUT2D eigenvalue weighted by Crippen LogP contribution is -2.56. The van der Waals surface area contributed by atoms with E-state index in [4.69, 9.17) is 19.4 Å². The van der Waals surface area contributed by atoms with E-state index in [1.807, 2.05) is 78.9 Å². The summed E-state index contributed by atoms with van der Waals surface area (Å²) in [4.78, 5) is 26.2. The van der Waals surface area contributed by atoms with Gasteiger partial charge in [0.1, 0.15) is 112 Å². The quantitative estimate of drug-likeness (QED) is 0.0658. The van der Waals surface area contributed by atoms with Crippen molar-refractivity contribution in [1.29, 1.82) is 0 Å². The van der Waals surface area contributed by atoms with E-state index in [9.17, 15) is 4.79 Å². The Morgan fingerprint density at radius 1 is 0.441 bits per heavy atom. The SMILES string of the molecule is Bc1c(B)c(B)c(-c2c(B)c(B)c3c(c2B)c2c(B)c(B)c(B)c(B)c2n3-c2ccc3c(c2)oc2cccc(-c4nc(-c5ccccc5)nc(-c5cccc(/C=C/C=C\C=O)c5)n4)c23)c(B)c1B. The van der Waals surface area contributed by atoms with Crippen molar-refractivity contribution in [3.05, 3.63) is 115 Å². The summed E-state index contributed by atoms with van der Waals surface area (Å²) in [5.74, 6) is 1.70. The normalized spacial score (nSPS) is 11.9. The lowest BCUT2D eigenvalue weighted by atomic mass is 9.57. The molecule has 0 fully saturated rings. The fourth-order valence-electron chi connectivity index (χ4n) is 10.8. The number of nitrogens with zero attached hydrogens (tertiary/aromatic N) is 4. The number of furan rings is 1. The number of carbonyl (C=O) groups excluding carboxylic acids is 1. The van der Waals surface area contributed by atoms with E-state index in [1.165, 1.54) is 105 Å². The zero-order valence-corrected chi connectivity index (χ0v) is 41.2. The van der Waals surface area contributed by atoms with Gasteiger partial charge in [0.05, 0.1) is 0 Å². The smallest absolute Gasteiger partial charge is 0.164 e. The van der Waals surface area contributed by atoms with Crippen LogP contribution in [0, 0.1) is 0 Å². The van der Waals surface area contributed by atoms with Crippen molar-refractivity contribution < 1.29 is 9.21 Å². The molecule has 0 bridgehead atoms. The number of allylic oxidation sites excluding steroid dienone is 3. The van der Waals surface area contributed by atoms with Crippen LogP contribution in [0.2, 0.25) is 0 Å². The van der Waals surface area contributed by atoms with Crippen molar-refractivity contribution in [1.82, 2.24) is 19.5 Å². The highest BCUT2D eigenvalue weighted by Crippen LogP contribution is 2.38. The lowest BCUT2D eigenvalue weighted by molar-refractivity contribution is -0.104. The minimum atomic E-state index is 0.558. The second-order valence-corrected chi connectivity index (χ2v) is 18.7.